The average Bonchev–Trinajstić information content (AvgIpc) is 3.23. The van der Waals surface area contributed by atoms with Crippen molar-refractivity contribution in [2.75, 3.05) is 11.4 Å². The summed E-state index contributed by atoms with van der Waals surface area (Å²) in [7, 11) is 0. The molecule has 0 bridgehead atoms. The zero-order chi connectivity index (χ0) is 21.4. The van der Waals surface area contributed by atoms with E-state index in [2.05, 4.69) is 5.32 Å². The molecule has 0 spiro atoms. The number of nitrogens with one attached hydrogen (secondary N) is 1. The van der Waals surface area contributed by atoms with Crippen LogP contribution in [0.3, 0.4) is 0 Å². The van der Waals surface area contributed by atoms with Gasteiger partial charge in [-0.15, -0.1) is 0 Å². The predicted molar refractivity (Wildman–Crippen MR) is 109 cm³/mol. The maximum Gasteiger partial charge on any atom is 0.318 e. The first-order valence-corrected chi connectivity index (χ1v) is 9.80. The van der Waals surface area contributed by atoms with E-state index in [0.717, 1.165) is 4.90 Å². The van der Waals surface area contributed by atoms with E-state index in [1.54, 1.807) is 61.5 Å². The van der Waals surface area contributed by atoms with Gasteiger partial charge in [0.15, 0.2) is 0 Å². The number of nitrogens with zero attached hydrogens (tertiary/aromatic N) is 2. The molecule has 3 N–H and O–H groups in total. The monoisotopic (exact) mass is 406 g/mol. The number of nitrogens with two attached hydrogens (primary N) is 1. The van der Waals surface area contributed by atoms with Gasteiger partial charge in [0.25, 0.3) is 0 Å². The summed E-state index contributed by atoms with van der Waals surface area (Å²) < 4.78 is 0. The van der Waals surface area contributed by atoms with Crippen molar-refractivity contribution in [3.05, 3.63) is 66.2 Å². The van der Waals surface area contributed by atoms with E-state index < -0.39 is 47.7 Å². The van der Waals surface area contributed by atoms with Gasteiger partial charge in [-0.1, -0.05) is 48.5 Å². The number of benzene rings is 2. The standard InChI is InChI=1S/C22H22N4O4/c1-2-24-22(30)26-17(13-9-5-3-6-10-13)15-16(18(26)19(23)27)21(29)25(20(15)28)14-11-7-4-8-12-14/h3-12,15-18H,2H2,1H3,(H2,23,27)(H,24,30). The topological polar surface area (TPSA) is 113 Å². The molecule has 4 atom stereocenters. The number of hydrogen-bond donors (Lipinski definition) is 2. The van der Waals surface area contributed by atoms with Crippen LogP contribution in [0, 0.1) is 11.8 Å². The number of para-hydroxylation sites is 1. The summed E-state index contributed by atoms with van der Waals surface area (Å²) in [5.41, 5.74) is 6.76. The summed E-state index contributed by atoms with van der Waals surface area (Å²) in [6.07, 6.45) is 0. The van der Waals surface area contributed by atoms with Crippen LogP contribution in [0.5, 0.6) is 0 Å². The zero-order valence-corrected chi connectivity index (χ0v) is 16.4. The number of rotatable bonds is 4. The lowest BCUT2D eigenvalue weighted by atomic mass is 9.86. The minimum absolute atomic E-state index is 0.329. The van der Waals surface area contributed by atoms with Crippen molar-refractivity contribution in [1.82, 2.24) is 10.2 Å². The smallest absolute Gasteiger partial charge is 0.318 e. The molecule has 0 aliphatic carbocycles. The molecule has 0 saturated carbocycles. The van der Waals surface area contributed by atoms with Crippen LogP contribution in [0.15, 0.2) is 60.7 Å². The van der Waals surface area contributed by atoms with Crippen LogP contribution < -0.4 is 16.0 Å². The third-order valence-corrected chi connectivity index (χ3v) is 5.69. The third-order valence-electron chi connectivity index (χ3n) is 5.69. The Hall–Kier alpha value is -3.68. The molecule has 8 nitrogen and oxygen atoms in total. The lowest BCUT2D eigenvalue weighted by molar-refractivity contribution is -0.129. The number of fused-ring (bicyclic) bond motifs is 1. The second kappa shape index (κ2) is 7.62. The number of urea groups is 1. The van der Waals surface area contributed by atoms with Crippen molar-refractivity contribution >= 4 is 29.4 Å². The maximum absolute atomic E-state index is 13.5. The Morgan fingerprint density at radius 3 is 2.07 bits per heavy atom. The Kier molecular flexibility index (Phi) is 4.99. The maximum atomic E-state index is 13.5. The molecular formula is C22H22N4O4. The molecule has 4 rings (SSSR count). The number of imide groups is 1. The second-order valence-electron chi connectivity index (χ2n) is 7.34. The molecule has 2 saturated heterocycles. The Morgan fingerprint density at radius 2 is 1.50 bits per heavy atom. The van der Waals surface area contributed by atoms with E-state index in [-0.39, 0.29) is 0 Å². The van der Waals surface area contributed by atoms with Gasteiger partial charge < -0.3 is 16.0 Å². The van der Waals surface area contributed by atoms with Crippen LogP contribution in [-0.2, 0) is 14.4 Å². The van der Waals surface area contributed by atoms with Crippen molar-refractivity contribution in [2.45, 2.75) is 19.0 Å². The lowest BCUT2D eigenvalue weighted by Crippen LogP contribution is -2.53. The molecule has 8 heteroatoms. The van der Waals surface area contributed by atoms with Crippen LogP contribution in [0.4, 0.5) is 10.5 Å². The number of carbonyl (C=O) groups is 4. The number of likely N-dealkylation sites (tertiary alicyclic amines) is 1. The van der Waals surface area contributed by atoms with Gasteiger partial charge >= 0.3 is 6.03 Å². The van der Waals surface area contributed by atoms with Gasteiger partial charge in [0.1, 0.15) is 6.04 Å². The van der Waals surface area contributed by atoms with E-state index in [4.69, 9.17) is 5.73 Å². The van der Waals surface area contributed by atoms with Crippen LogP contribution in [0.2, 0.25) is 0 Å². The Balaban J connectivity index is 1.86. The van der Waals surface area contributed by atoms with Gasteiger partial charge in [-0.25, -0.2) is 9.69 Å². The number of hydrogen-bond acceptors (Lipinski definition) is 4. The van der Waals surface area contributed by atoms with E-state index in [1.807, 2.05) is 6.07 Å². The van der Waals surface area contributed by atoms with Crippen molar-refractivity contribution in [1.29, 1.82) is 0 Å². The Bertz CT molecular complexity index is 995. The van der Waals surface area contributed by atoms with Gasteiger partial charge in [-0.05, 0) is 24.6 Å². The number of amides is 5. The molecule has 5 amide bonds. The molecule has 154 valence electrons. The predicted octanol–water partition coefficient (Wildman–Crippen LogP) is 1.43. The minimum atomic E-state index is -1.23. The molecule has 0 radical (unpaired) electrons. The van der Waals surface area contributed by atoms with E-state index in [9.17, 15) is 19.2 Å². The highest BCUT2D eigenvalue weighted by molar-refractivity contribution is 6.24. The SMILES string of the molecule is CCNC(=O)N1C(C(N)=O)C2C(=O)N(c3ccccc3)C(=O)C2C1c1ccccc1. The molecule has 4 unspecified atom stereocenters. The molecule has 2 aromatic rings. The molecule has 2 aliphatic heterocycles. The van der Waals surface area contributed by atoms with Crippen LogP contribution in [0.1, 0.15) is 18.5 Å². The van der Waals surface area contributed by atoms with Crippen molar-refractivity contribution in [3.8, 4) is 0 Å². The summed E-state index contributed by atoms with van der Waals surface area (Å²) in [4.78, 5) is 54.6. The summed E-state index contributed by atoms with van der Waals surface area (Å²) in [6, 6.07) is 15.0. The van der Waals surface area contributed by atoms with Gasteiger partial charge in [0.2, 0.25) is 17.7 Å². The van der Waals surface area contributed by atoms with Crippen LogP contribution in [0.25, 0.3) is 0 Å². The largest absolute Gasteiger partial charge is 0.368 e. The van der Waals surface area contributed by atoms with E-state index in [0.29, 0.717) is 17.8 Å². The molecule has 0 aromatic heterocycles. The molecule has 2 heterocycles. The summed E-state index contributed by atoms with van der Waals surface area (Å²) >= 11 is 0. The normalized spacial score (nSPS) is 25.4. The van der Waals surface area contributed by atoms with Crippen LogP contribution >= 0.6 is 0 Å². The van der Waals surface area contributed by atoms with E-state index in [1.165, 1.54) is 4.90 Å². The fourth-order valence-electron chi connectivity index (χ4n) is 4.55. The second-order valence-corrected chi connectivity index (χ2v) is 7.34. The lowest BCUT2D eigenvalue weighted by Gasteiger charge is -2.32. The number of primary amides is 1. The first-order valence-electron chi connectivity index (χ1n) is 9.80. The highest BCUT2D eigenvalue weighted by atomic mass is 16.2. The first-order chi connectivity index (χ1) is 14.5. The quantitative estimate of drug-likeness (QED) is 0.748. The van der Waals surface area contributed by atoms with Crippen molar-refractivity contribution in [3.63, 3.8) is 0 Å². The minimum Gasteiger partial charge on any atom is -0.368 e. The highest BCUT2D eigenvalue weighted by Gasteiger charge is 2.65. The van der Waals surface area contributed by atoms with Gasteiger partial charge in [0.05, 0.1) is 23.6 Å². The highest BCUT2D eigenvalue weighted by Crippen LogP contribution is 2.50. The Morgan fingerprint density at radius 1 is 0.933 bits per heavy atom. The molecule has 2 aromatic carbocycles. The zero-order valence-electron chi connectivity index (χ0n) is 16.4. The third kappa shape index (κ3) is 2.92. The molecular weight excluding hydrogens is 384 g/mol. The fraction of sp³-hybridized carbons (Fsp3) is 0.273. The average molecular weight is 406 g/mol. The summed E-state index contributed by atoms with van der Waals surface area (Å²) in [6.45, 7) is 2.08. The molecule has 30 heavy (non-hydrogen) atoms. The van der Waals surface area contributed by atoms with Crippen molar-refractivity contribution in [2.24, 2.45) is 17.6 Å². The fourth-order valence-corrected chi connectivity index (χ4v) is 4.55. The number of anilines is 1. The molecule has 2 aliphatic rings. The first kappa shape index (κ1) is 19.6. The van der Waals surface area contributed by atoms with Crippen molar-refractivity contribution < 1.29 is 19.2 Å². The number of carbonyl (C=O) groups excluding carboxylic acids is 4. The summed E-state index contributed by atoms with van der Waals surface area (Å²) in [5.74, 6) is -3.72. The molecule has 2 fully saturated rings. The van der Waals surface area contributed by atoms with Gasteiger partial charge in [-0.3, -0.25) is 14.4 Å². The Labute approximate surface area is 173 Å². The van der Waals surface area contributed by atoms with Crippen LogP contribution in [-0.4, -0.2) is 41.2 Å². The van der Waals surface area contributed by atoms with E-state index >= 15 is 0 Å². The van der Waals surface area contributed by atoms with Gasteiger partial charge in [-0.2, -0.15) is 0 Å². The van der Waals surface area contributed by atoms with Gasteiger partial charge in [0, 0.05) is 6.54 Å². The summed E-state index contributed by atoms with van der Waals surface area (Å²) in [5, 5.41) is 2.68.